The number of aromatic nitrogens is 3. The predicted octanol–water partition coefficient (Wildman–Crippen LogP) is 6.22. The van der Waals surface area contributed by atoms with Crippen molar-refractivity contribution in [3.05, 3.63) is 40.8 Å². The molecule has 2 atom stereocenters. The molecule has 14 heteroatoms. The summed E-state index contributed by atoms with van der Waals surface area (Å²) in [6, 6.07) is -1.21. The molecule has 0 aliphatic heterocycles. The zero-order valence-corrected chi connectivity index (χ0v) is 24.5. The van der Waals surface area contributed by atoms with Crippen LogP contribution < -0.4 is 10.6 Å². The van der Waals surface area contributed by atoms with E-state index in [-0.39, 0.29) is 37.5 Å². The molecule has 3 saturated carbocycles. The van der Waals surface area contributed by atoms with Crippen LogP contribution in [0.2, 0.25) is 0 Å². The summed E-state index contributed by atoms with van der Waals surface area (Å²) in [4.78, 5) is 30.5. The van der Waals surface area contributed by atoms with Crippen molar-refractivity contribution in [2.24, 2.45) is 22.9 Å². The van der Waals surface area contributed by atoms with Crippen LogP contribution in [0.3, 0.4) is 0 Å². The lowest BCUT2D eigenvalue weighted by Gasteiger charge is -2.33. The average molecular weight is 625 g/mol. The van der Waals surface area contributed by atoms with Gasteiger partial charge in [0.1, 0.15) is 11.8 Å². The van der Waals surface area contributed by atoms with Crippen molar-refractivity contribution in [2.45, 2.75) is 102 Å². The summed E-state index contributed by atoms with van der Waals surface area (Å²) in [7, 11) is 0. The summed E-state index contributed by atoms with van der Waals surface area (Å²) < 4.78 is 72.5. The highest BCUT2D eigenvalue weighted by Gasteiger charge is 2.40. The largest absolute Gasteiger partial charge is 0.389 e. The fraction of sp³-hybridized carbons (Fsp3) is 0.633. The first-order valence-corrected chi connectivity index (χ1v) is 15.0. The van der Waals surface area contributed by atoms with Crippen LogP contribution in [-0.2, 0) is 11.2 Å². The van der Waals surface area contributed by atoms with Crippen molar-refractivity contribution in [3.8, 4) is 0 Å². The van der Waals surface area contributed by atoms with Gasteiger partial charge in [-0.3, -0.25) is 9.59 Å². The Morgan fingerprint density at radius 1 is 1.16 bits per heavy atom. The molecule has 9 nitrogen and oxygen atoms in total. The number of rotatable bonds is 13. The van der Waals surface area contributed by atoms with Gasteiger partial charge in [0.15, 0.2) is 5.82 Å². The molecule has 2 heterocycles. The Labute approximate surface area is 251 Å². The van der Waals surface area contributed by atoms with Gasteiger partial charge in [0.2, 0.25) is 11.8 Å². The highest BCUT2D eigenvalue weighted by atomic mass is 19.4. The van der Waals surface area contributed by atoms with Crippen LogP contribution in [0.1, 0.15) is 105 Å². The van der Waals surface area contributed by atoms with E-state index in [1.54, 1.807) is 19.2 Å². The monoisotopic (exact) mass is 624 g/mol. The summed E-state index contributed by atoms with van der Waals surface area (Å²) in [6.45, 7) is 5.35. The molecule has 0 radical (unpaired) electrons. The van der Waals surface area contributed by atoms with E-state index in [4.69, 9.17) is 9.51 Å². The van der Waals surface area contributed by atoms with Gasteiger partial charge in [0.25, 0.3) is 5.91 Å². The predicted molar refractivity (Wildman–Crippen MR) is 151 cm³/mol. The highest BCUT2D eigenvalue weighted by Crippen LogP contribution is 2.42. The molecule has 0 spiro atoms. The van der Waals surface area contributed by atoms with Crippen LogP contribution in [0.5, 0.6) is 0 Å². The molecule has 2 aromatic heterocycles. The number of carbonyl (C=O) groups excluding carboxylic acids is 2. The van der Waals surface area contributed by atoms with E-state index >= 15 is 0 Å². The van der Waals surface area contributed by atoms with Crippen LogP contribution in [0, 0.1) is 17.8 Å². The van der Waals surface area contributed by atoms with Crippen LogP contribution in [0.4, 0.5) is 22.0 Å². The molecule has 240 valence electrons. The minimum Gasteiger partial charge on any atom is -0.364 e. The van der Waals surface area contributed by atoms with Gasteiger partial charge >= 0.3 is 6.18 Å². The van der Waals surface area contributed by atoms with E-state index in [0.29, 0.717) is 40.7 Å². The molecule has 2 amide bonds. The van der Waals surface area contributed by atoms with E-state index < -0.39 is 48.8 Å². The van der Waals surface area contributed by atoms with Crippen molar-refractivity contribution >= 4 is 24.6 Å². The third-order valence-electron chi connectivity index (χ3n) is 8.68. The van der Waals surface area contributed by atoms with Gasteiger partial charge in [0, 0.05) is 26.0 Å². The molecule has 0 unspecified atom stereocenters. The Kier molecular flexibility index (Phi) is 9.26. The Balaban J connectivity index is 1.38. The second-order valence-electron chi connectivity index (χ2n) is 12.4. The van der Waals surface area contributed by atoms with Gasteiger partial charge in [-0.2, -0.15) is 18.3 Å². The molecule has 3 fully saturated rings. The van der Waals surface area contributed by atoms with Crippen LogP contribution in [0.25, 0.3) is 6.08 Å². The number of nitrogens with zero attached hydrogens (tertiary/aromatic N) is 4. The topological polar surface area (TPSA) is 114 Å². The van der Waals surface area contributed by atoms with Gasteiger partial charge in [-0.05, 0) is 81.3 Å². The van der Waals surface area contributed by atoms with Gasteiger partial charge in [0.05, 0.1) is 36.1 Å². The van der Waals surface area contributed by atoms with E-state index in [1.807, 2.05) is 0 Å². The van der Waals surface area contributed by atoms with Gasteiger partial charge in [-0.1, -0.05) is 5.16 Å². The molecule has 0 aromatic carbocycles. The fourth-order valence-electron chi connectivity index (χ4n) is 5.83. The number of hydrogen-bond acceptors (Lipinski definition) is 6. The number of amides is 2. The zero-order valence-electron chi connectivity index (χ0n) is 24.5. The molecule has 0 saturated heterocycles. The van der Waals surface area contributed by atoms with Crippen molar-refractivity contribution in [1.82, 2.24) is 25.5 Å². The average Bonchev–Trinajstić information content (AvgIpc) is 3.88. The lowest BCUT2D eigenvalue weighted by molar-refractivity contribution is -0.144. The minimum atomic E-state index is -4.43. The van der Waals surface area contributed by atoms with Crippen molar-refractivity contribution in [3.63, 3.8) is 0 Å². The fourth-order valence-corrected chi connectivity index (χ4v) is 5.83. The summed E-state index contributed by atoms with van der Waals surface area (Å²) in [5.41, 5.74) is 1.92. The van der Waals surface area contributed by atoms with Crippen LogP contribution in [-0.4, -0.2) is 51.5 Å². The SMILES string of the molecule is C=Nn1cc([C@@H](NC(=O)c2conc2CC2CC2)C2CCC(F)(F)CC2)nc1/C=C(\C)[C@H](NC(=O)CCC(F)(F)F)C1CC1. The van der Waals surface area contributed by atoms with Gasteiger partial charge in [-0.15, -0.1) is 0 Å². The summed E-state index contributed by atoms with van der Waals surface area (Å²) >= 11 is 0. The third-order valence-corrected chi connectivity index (χ3v) is 8.68. The Bertz CT molecular complexity index is 1380. The first kappa shape index (κ1) is 31.8. The normalized spacial score (nSPS) is 20.6. The molecule has 44 heavy (non-hydrogen) atoms. The highest BCUT2D eigenvalue weighted by molar-refractivity contribution is 5.95. The number of hydrogen-bond donors (Lipinski definition) is 2. The second kappa shape index (κ2) is 12.8. The smallest absolute Gasteiger partial charge is 0.364 e. The van der Waals surface area contributed by atoms with E-state index in [9.17, 15) is 31.5 Å². The van der Waals surface area contributed by atoms with Crippen LogP contribution in [0.15, 0.2) is 27.7 Å². The molecule has 3 aliphatic rings. The lowest BCUT2D eigenvalue weighted by Crippen LogP contribution is -2.37. The van der Waals surface area contributed by atoms with Crippen molar-refractivity contribution < 1.29 is 36.1 Å². The zero-order chi connectivity index (χ0) is 31.6. The quantitative estimate of drug-likeness (QED) is 0.203. The van der Waals surface area contributed by atoms with E-state index in [1.165, 1.54) is 10.9 Å². The standard InChI is InChI=1S/C30H37F5N6O3/c1-17(26(19-5-6-19)38-25(42)9-12-30(33,34)35)13-24-37-23(15-41(24)36-2)27(20-7-10-29(31,32)11-8-20)39-28(43)21-16-44-40-22(21)14-18-3-4-18/h13,15-16,18-20,26-27H,2-12,14H2,1H3,(H,38,42)(H,39,43)/b17-13+/t26-,27-/m0/s1. The lowest BCUT2D eigenvalue weighted by atomic mass is 9.81. The summed E-state index contributed by atoms with van der Waals surface area (Å²) in [5.74, 6) is -3.36. The number of imidazole rings is 1. The first-order chi connectivity index (χ1) is 20.8. The first-order valence-electron chi connectivity index (χ1n) is 15.0. The molecule has 2 aromatic rings. The summed E-state index contributed by atoms with van der Waals surface area (Å²) in [5, 5.41) is 13.7. The number of carbonyl (C=O) groups is 2. The maximum atomic E-state index is 14.1. The number of alkyl halides is 5. The summed E-state index contributed by atoms with van der Waals surface area (Å²) in [6.07, 6.45) is 2.35. The Morgan fingerprint density at radius 3 is 2.48 bits per heavy atom. The maximum Gasteiger partial charge on any atom is 0.389 e. The Hall–Kier alpha value is -3.58. The third kappa shape index (κ3) is 8.32. The van der Waals surface area contributed by atoms with E-state index in [2.05, 4.69) is 27.6 Å². The molecule has 0 bridgehead atoms. The maximum absolute atomic E-state index is 14.1. The van der Waals surface area contributed by atoms with Crippen LogP contribution >= 0.6 is 0 Å². The van der Waals surface area contributed by atoms with Gasteiger partial charge < -0.3 is 15.2 Å². The van der Waals surface area contributed by atoms with E-state index in [0.717, 1.165) is 25.7 Å². The Morgan fingerprint density at radius 2 is 1.86 bits per heavy atom. The second-order valence-corrected chi connectivity index (χ2v) is 12.4. The van der Waals surface area contributed by atoms with Crippen molar-refractivity contribution in [1.29, 1.82) is 0 Å². The van der Waals surface area contributed by atoms with Crippen molar-refractivity contribution in [2.75, 3.05) is 0 Å². The molecule has 3 aliphatic carbocycles. The molecule has 5 rings (SSSR count). The molecular formula is C30H37F5N6O3. The minimum absolute atomic E-state index is 0.0880. The number of nitrogens with one attached hydrogen (secondary N) is 2. The molecular weight excluding hydrogens is 587 g/mol. The van der Waals surface area contributed by atoms with Gasteiger partial charge in [-0.25, -0.2) is 18.4 Å². The molecule has 2 N–H and O–H groups in total. The number of halogens is 5.